The van der Waals surface area contributed by atoms with Crippen LogP contribution in [0.25, 0.3) is 10.1 Å². The normalized spacial score (nSPS) is 10.9. The molecular weight excluding hydrogens is 252 g/mol. The standard InChI is InChI=1S/C12H14N2OS2/c1-14-4-5-16-12-9-6-8(13)2-3-10(9)17-11(12)7-15/h2-3,6-7,14H,4-5,13H2,1H3. The number of nitrogens with one attached hydrogen (secondary N) is 1. The topological polar surface area (TPSA) is 55.1 Å². The molecular formula is C12H14N2OS2. The number of nitrogen functional groups attached to an aromatic ring is 1. The number of carbonyl (C=O) groups excluding carboxylic acids is 1. The van der Waals surface area contributed by atoms with Crippen molar-refractivity contribution in [3.05, 3.63) is 23.1 Å². The van der Waals surface area contributed by atoms with Gasteiger partial charge in [-0.15, -0.1) is 23.1 Å². The predicted octanol–water partition coefficient (Wildman–Crippen LogP) is 2.61. The van der Waals surface area contributed by atoms with Gasteiger partial charge in [-0.25, -0.2) is 0 Å². The number of anilines is 1. The van der Waals surface area contributed by atoms with Crippen LogP contribution in [0.15, 0.2) is 23.1 Å². The van der Waals surface area contributed by atoms with E-state index in [1.54, 1.807) is 11.8 Å². The first-order valence-electron chi connectivity index (χ1n) is 5.31. The molecule has 3 N–H and O–H groups in total. The van der Waals surface area contributed by atoms with Crippen molar-refractivity contribution in [1.29, 1.82) is 0 Å². The second-order valence-electron chi connectivity index (χ2n) is 3.62. The van der Waals surface area contributed by atoms with E-state index in [1.165, 1.54) is 11.3 Å². The fourth-order valence-corrected chi connectivity index (χ4v) is 3.88. The Kier molecular flexibility index (Phi) is 4.04. The Labute approximate surface area is 108 Å². The lowest BCUT2D eigenvalue weighted by Crippen LogP contribution is -2.09. The molecule has 0 spiro atoms. The molecule has 0 aliphatic rings. The molecule has 0 aliphatic carbocycles. The van der Waals surface area contributed by atoms with Gasteiger partial charge in [0.15, 0.2) is 6.29 Å². The number of fused-ring (bicyclic) bond motifs is 1. The van der Waals surface area contributed by atoms with E-state index in [0.717, 1.165) is 44.1 Å². The molecule has 1 heterocycles. The molecule has 0 saturated carbocycles. The summed E-state index contributed by atoms with van der Waals surface area (Å²) < 4.78 is 1.12. The molecule has 0 saturated heterocycles. The third kappa shape index (κ3) is 2.62. The summed E-state index contributed by atoms with van der Waals surface area (Å²) in [6, 6.07) is 5.79. The second-order valence-corrected chi connectivity index (χ2v) is 5.81. The number of benzene rings is 1. The van der Waals surface area contributed by atoms with Crippen molar-refractivity contribution in [2.45, 2.75) is 4.90 Å². The number of thiophene rings is 1. The Hall–Kier alpha value is -1.04. The fraction of sp³-hybridized carbons (Fsp3) is 0.250. The Morgan fingerprint density at radius 3 is 3.06 bits per heavy atom. The summed E-state index contributed by atoms with van der Waals surface area (Å²) in [5.74, 6) is 0.942. The fourth-order valence-electron chi connectivity index (χ4n) is 1.59. The molecule has 0 bridgehead atoms. The van der Waals surface area contributed by atoms with Gasteiger partial charge in [0.05, 0.1) is 4.88 Å². The van der Waals surface area contributed by atoms with Crippen LogP contribution in [0.4, 0.5) is 5.69 Å². The van der Waals surface area contributed by atoms with E-state index in [0.29, 0.717) is 0 Å². The first kappa shape index (κ1) is 12.4. The number of hydrogen-bond acceptors (Lipinski definition) is 5. The summed E-state index contributed by atoms with van der Waals surface area (Å²) in [6.07, 6.45) is 0.933. The minimum Gasteiger partial charge on any atom is -0.399 e. The van der Waals surface area contributed by atoms with E-state index < -0.39 is 0 Å². The van der Waals surface area contributed by atoms with E-state index in [4.69, 9.17) is 5.73 Å². The summed E-state index contributed by atoms with van der Waals surface area (Å²) in [5.41, 5.74) is 6.53. The highest BCUT2D eigenvalue weighted by Crippen LogP contribution is 2.38. The van der Waals surface area contributed by atoms with Crippen LogP contribution in [0.5, 0.6) is 0 Å². The molecule has 1 aromatic carbocycles. The summed E-state index contributed by atoms with van der Waals surface area (Å²) >= 11 is 3.23. The molecule has 0 atom stereocenters. The van der Waals surface area contributed by atoms with Crippen LogP contribution in [0.1, 0.15) is 9.67 Å². The van der Waals surface area contributed by atoms with Crippen molar-refractivity contribution >= 4 is 45.2 Å². The Bertz CT molecular complexity index is 537. The maximum atomic E-state index is 11.1. The van der Waals surface area contributed by atoms with Gasteiger partial charge in [0.1, 0.15) is 0 Å². The van der Waals surface area contributed by atoms with E-state index in [-0.39, 0.29) is 0 Å². The molecule has 0 aliphatic heterocycles. The number of aldehydes is 1. The minimum atomic E-state index is 0.739. The lowest BCUT2D eigenvalue weighted by molar-refractivity contribution is 0.112. The highest BCUT2D eigenvalue weighted by Gasteiger charge is 2.12. The minimum absolute atomic E-state index is 0.739. The number of nitrogens with two attached hydrogens (primary N) is 1. The van der Waals surface area contributed by atoms with Crippen LogP contribution in [-0.2, 0) is 0 Å². The van der Waals surface area contributed by atoms with Gasteiger partial charge in [-0.2, -0.15) is 0 Å². The molecule has 17 heavy (non-hydrogen) atoms. The number of rotatable bonds is 5. The smallest absolute Gasteiger partial charge is 0.161 e. The quantitative estimate of drug-likeness (QED) is 0.378. The predicted molar refractivity (Wildman–Crippen MR) is 76.3 cm³/mol. The van der Waals surface area contributed by atoms with Gasteiger partial charge in [-0.1, -0.05) is 0 Å². The molecule has 0 unspecified atom stereocenters. The summed E-state index contributed by atoms with van der Waals surface area (Å²) in [7, 11) is 1.92. The van der Waals surface area contributed by atoms with Crippen molar-refractivity contribution < 1.29 is 4.79 Å². The average Bonchev–Trinajstić information content (AvgIpc) is 2.67. The van der Waals surface area contributed by atoms with E-state index in [9.17, 15) is 4.79 Å². The van der Waals surface area contributed by atoms with Gasteiger partial charge in [0.2, 0.25) is 0 Å². The number of carbonyl (C=O) groups is 1. The van der Waals surface area contributed by atoms with E-state index in [2.05, 4.69) is 5.32 Å². The van der Waals surface area contributed by atoms with Crippen LogP contribution in [0.2, 0.25) is 0 Å². The number of thioether (sulfide) groups is 1. The lowest BCUT2D eigenvalue weighted by Gasteiger charge is -2.01. The third-order valence-electron chi connectivity index (χ3n) is 2.40. The van der Waals surface area contributed by atoms with Gasteiger partial charge in [0.25, 0.3) is 0 Å². The zero-order chi connectivity index (χ0) is 12.3. The molecule has 0 radical (unpaired) electrons. The molecule has 0 amide bonds. The monoisotopic (exact) mass is 266 g/mol. The van der Waals surface area contributed by atoms with Crippen molar-refractivity contribution in [3.63, 3.8) is 0 Å². The van der Waals surface area contributed by atoms with Gasteiger partial charge in [0, 0.05) is 33.0 Å². The van der Waals surface area contributed by atoms with Crippen LogP contribution in [0, 0.1) is 0 Å². The van der Waals surface area contributed by atoms with Crippen molar-refractivity contribution in [2.24, 2.45) is 0 Å². The van der Waals surface area contributed by atoms with Gasteiger partial charge < -0.3 is 11.1 Å². The van der Waals surface area contributed by atoms with Gasteiger partial charge >= 0.3 is 0 Å². The molecule has 5 heteroatoms. The largest absolute Gasteiger partial charge is 0.399 e. The maximum absolute atomic E-state index is 11.1. The summed E-state index contributed by atoms with van der Waals surface area (Å²) in [6.45, 7) is 0.919. The molecule has 1 aromatic heterocycles. The van der Waals surface area contributed by atoms with Crippen molar-refractivity contribution in [3.8, 4) is 0 Å². The molecule has 90 valence electrons. The van der Waals surface area contributed by atoms with Crippen molar-refractivity contribution in [1.82, 2.24) is 5.32 Å². The Morgan fingerprint density at radius 2 is 2.35 bits per heavy atom. The second kappa shape index (κ2) is 5.53. The Balaban J connectivity index is 2.41. The highest BCUT2D eigenvalue weighted by atomic mass is 32.2. The van der Waals surface area contributed by atoms with Crippen LogP contribution >= 0.6 is 23.1 Å². The van der Waals surface area contributed by atoms with Crippen LogP contribution in [0.3, 0.4) is 0 Å². The zero-order valence-electron chi connectivity index (χ0n) is 9.53. The Morgan fingerprint density at radius 1 is 1.53 bits per heavy atom. The van der Waals surface area contributed by atoms with Crippen LogP contribution < -0.4 is 11.1 Å². The van der Waals surface area contributed by atoms with Gasteiger partial charge in [-0.3, -0.25) is 4.79 Å². The molecule has 2 aromatic rings. The van der Waals surface area contributed by atoms with E-state index >= 15 is 0 Å². The SMILES string of the molecule is CNCCSc1c(C=O)sc2ccc(N)cc12. The number of hydrogen-bond donors (Lipinski definition) is 2. The van der Waals surface area contributed by atoms with E-state index in [1.807, 2.05) is 25.2 Å². The first-order chi connectivity index (χ1) is 8.26. The summed E-state index contributed by atoms with van der Waals surface area (Å²) in [4.78, 5) is 12.9. The molecule has 0 fully saturated rings. The van der Waals surface area contributed by atoms with Crippen LogP contribution in [-0.4, -0.2) is 25.6 Å². The first-order valence-corrected chi connectivity index (χ1v) is 7.11. The van der Waals surface area contributed by atoms with Gasteiger partial charge in [-0.05, 0) is 25.2 Å². The molecule has 3 nitrogen and oxygen atoms in total. The molecule has 2 rings (SSSR count). The highest BCUT2D eigenvalue weighted by molar-refractivity contribution is 7.99. The summed E-state index contributed by atoms with van der Waals surface area (Å²) in [5, 5.41) is 4.19. The maximum Gasteiger partial charge on any atom is 0.161 e. The average molecular weight is 266 g/mol. The lowest BCUT2D eigenvalue weighted by atomic mass is 10.2. The third-order valence-corrected chi connectivity index (χ3v) is 4.76. The zero-order valence-corrected chi connectivity index (χ0v) is 11.2. The van der Waals surface area contributed by atoms with Crippen molar-refractivity contribution in [2.75, 3.05) is 25.1 Å².